The maximum Gasteiger partial charge on any atom is 0.122 e. The summed E-state index contributed by atoms with van der Waals surface area (Å²) in [7, 11) is 0. The van der Waals surface area contributed by atoms with Crippen molar-refractivity contribution in [2.75, 3.05) is 19.8 Å². The van der Waals surface area contributed by atoms with E-state index in [2.05, 4.69) is 44.2 Å². The lowest BCUT2D eigenvalue weighted by Crippen LogP contribution is -2.40. The Balaban J connectivity index is 2.10. The van der Waals surface area contributed by atoms with E-state index in [-0.39, 0.29) is 5.60 Å². The van der Waals surface area contributed by atoms with Gasteiger partial charge in [-0.3, -0.25) is 0 Å². The molecule has 2 rings (SSSR count). The van der Waals surface area contributed by atoms with Crippen LogP contribution < -0.4 is 0 Å². The number of carbonyl (C=O) groups is 1. The van der Waals surface area contributed by atoms with Crippen molar-refractivity contribution in [2.24, 2.45) is 11.8 Å². The first-order chi connectivity index (χ1) is 12.7. The van der Waals surface area contributed by atoms with E-state index < -0.39 is 0 Å². The summed E-state index contributed by atoms with van der Waals surface area (Å²) < 4.78 is 12.4. The van der Waals surface area contributed by atoms with Gasteiger partial charge in [-0.15, -0.1) is 0 Å². The molecule has 1 aliphatic carbocycles. The summed E-state index contributed by atoms with van der Waals surface area (Å²) in [4.78, 5) is 10.4. The van der Waals surface area contributed by atoms with Gasteiger partial charge in [0.2, 0.25) is 0 Å². The van der Waals surface area contributed by atoms with Gasteiger partial charge in [0.25, 0.3) is 0 Å². The third-order valence-electron chi connectivity index (χ3n) is 5.56. The Morgan fingerprint density at radius 3 is 2.54 bits per heavy atom. The molecule has 0 radical (unpaired) electrons. The van der Waals surface area contributed by atoms with E-state index in [1.807, 2.05) is 0 Å². The zero-order chi connectivity index (χ0) is 18.7. The minimum absolute atomic E-state index is 0.173. The highest BCUT2D eigenvalue weighted by Crippen LogP contribution is 2.45. The first-order valence-electron chi connectivity index (χ1n) is 10.4. The lowest BCUT2D eigenvalue weighted by atomic mass is 9.71. The van der Waals surface area contributed by atoms with Crippen molar-refractivity contribution in [3.8, 4) is 0 Å². The van der Waals surface area contributed by atoms with Gasteiger partial charge < -0.3 is 14.3 Å². The fourth-order valence-corrected chi connectivity index (χ4v) is 4.27. The van der Waals surface area contributed by atoms with Gasteiger partial charge in [-0.25, -0.2) is 0 Å². The lowest BCUT2D eigenvalue weighted by molar-refractivity contribution is -0.125. The third-order valence-corrected chi connectivity index (χ3v) is 5.56. The van der Waals surface area contributed by atoms with Gasteiger partial charge in [0.1, 0.15) is 6.29 Å². The largest absolute Gasteiger partial charge is 0.381 e. The molecule has 3 heteroatoms. The summed E-state index contributed by atoms with van der Waals surface area (Å²) in [6, 6.07) is 10.9. The molecule has 0 spiro atoms. The van der Waals surface area contributed by atoms with Crippen LogP contribution in [0.1, 0.15) is 70.8 Å². The van der Waals surface area contributed by atoms with Crippen molar-refractivity contribution in [1.29, 1.82) is 0 Å². The van der Waals surface area contributed by atoms with Crippen molar-refractivity contribution >= 4 is 6.29 Å². The normalized spacial score (nSPS) is 19.0. The van der Waals surface area contributed by atoms with E-state index in [4.69, 9.17) is 9.47 Å². The zero-order valence-electron chi connectivity index (χ0n) is 16.6. The molecular formula is C23H36O3. The van der Waals surface area contributed by atoms with E-state index in [0.717, 1.165) is 19.1 Å². The Morgan fingerprint density at radius 1 is 1.15 bits per heavy atom. The Labute approximate surface area is 159 Å². The quantitative estimate of drug-likeness (QED) is 0.364. The van der Waals surface area contributed by atoms with E-state index in [9.17, 15) is 4.79 Å². The average molecular weight is 361 g/mol. The molecule has 2 unspecified atom stereocenters. The molecule has 1 aliphatic rings. The number of ether oxygens (including phenoxy) is 2. The monoisotopic (exact) mass is 360 g/mol. The number of hydrogen-bond donors (Lipinski definition) is 0. The second-order valence-electron chi connectivity index (χ2n) is 7.79. The average Bonchev–Trinajstić information content (AvgIpc) is 2.70. The fourth-order valence-electron chi connectivity index (χ4n) is 4.27. The lowest BCUT2D eigenvalue weighted by Gasteiger charge is -2.44. The Kier molecular flexibility index (Phi) is 9.35. The highest BCUT2D eigenvalue weighted by molar-refractivity contribution is 5.49. The molecule has 1 saturated carbocycles. The zero-order valence-corrected chi connectivity index (χ0v) is 16.6. The molecule has 3 nitrogen and oxygen atoms in total. The standard InChI is InChI=1S/C23H36O3/c1-3-15-23(21-11-6-4-7-12-21,22-13-8-5-9-14-22)26-19-20(2)18-25-17-10-16-24/h4,6-7,11-12,16,20,22H,3,5,8-10,13-15,17-19H2,1-2H3. The molecule has 0 saturated heterocycles. The molecule has 1 aromatic rings. The minimum atomic E-state index is -0.173. The van der Waals surface area contributed by atoms with Crippen molar-refractivity contribution in [3.05, 3.63) is 35.9 Å². The molecule has 2 atom stereocenters. The smallest absolute Gasteiger partial charge is 0.122 e. The van der Waals surface area contributed by atoms with Crippen LogP contribution in [0.4, 0.5) is 0 Å². The fraction of sp³-hybridized carbons (Fsp3) is 0.696. The maximum absolute atomic E-state index is 10.4. The van der Waals surface area contributed by atoms with E-state index in [0.29, 0.717) is 38.1 Å². The summed E-state index contributed by atoms with van der Waals surface area (Å²) >= 11 is 0. The Hall–Kier alpha value is -1.19. The topological polar surface area (TPSA) is 35.5 Å². The molecule has 1 aromatic carbocycles. The molecule has 0 amide bonds. The van der Waals surface area contributed by atoms with E-state index >= 15 is 0 Å². The number of carbonyl (C=O) groups excluding carboxylic acids is 1. The molecule has 26 heavy (non-hydrogen) atoms. The highest BCUT2D eigenvalue weighted by Gasteiger charge is 2.41. The minimum Gasteiger partial charge on any atom is -0.381 e. The van der Waals surface area contributed by atoms with E-state index in [1.54, 1.807) is 0 Å². The van der Waals surface area contributed by atoms with Crippen molar-refractivity contribution in [2.45, 2.75) is 70.8 Å². The number of hydrogen-bond acceptors (Lipinski definition) is 3. The van der Waals surface area contributed by atoms with E-state index in [1.165, 1.54) is 37.7 Å². The van der Waals surface area contributed by atoms with Crippen molar-refractivity contribution in [1.82, 2.24) is 0 Å². The van der Waals surface area contributed by atoms with Gasteiger partial charge in [-0.2, -0.15) is 0 Å². The second-order valence-corrected chi connectivity index (χ2v) is 7.79. The SMILES string of the molecule is CCCC(OCC(C)COCCC=O)(c1ccccc1)C1CCCCC1. The molecule has 146 valence electrons. The van der Waals surface area contributed by atoms with Crippen LogP contribution in [0.25, 0.3) is 0 Å². The van der Waals surface area contributed by atoms with Crippen LogP contribution in [0.15, 0.2) is 30.3 Å². The van der Waals surface area contributed by atoms with Crippen LogP contribution in [0.2, 0.25) is 0 Å². The van der Waals surface area contributed by atoms with Crippen LogP contribution in [-0.4, -0.2) is 26.1 Å². The van der Waals surface area contributed by atoms with Gasteiger partial charge in [-0.05, 0) is 30.7 Å². The molecule has 0 heterocycles. The van der Waals surface area contributed by atoms with Crippen LogP contribution >= 0.6 is 0 Å². The first kappa shape index (κ1) is 21.1. The van der Waals surface area contributed by atoms with Gasteiger partial charge in [0, 0.05) is 12.3 Å². The molecular weight excluding hydrogens is 324 g/mol. The van der Waals surface area contributed by atoms with Gasteiger partial charge in [0.15, 0.2) is 0 Å². The van der Waals surface area contributed by atoms with Gasteiger partial charge in [-0.1, -0.05) is 69.9 Å². The Bertz CT molecular complexity index is 495. The number of aldehydes is 1. The summed E-state index contributed by atoms with van der Waals surface area (Å²) in [6.45, 7) is 6.29. The van der Waals surface area contributed by atoms with Gasteiger partial charge >= 0.3 is 0 Å². The number of rotatable bonds is 12. The first-order valence-corrected chi connectivity index (χ1v) is 10.4. The van der Waals surface area contributed by atoms with Gasteiger partial charge in [0.05, 0.1) is 25.4 Å². The summed E-state index contributed by atoms with van der Waals surface area (Å²) in [5.74, 6) is 0.923. The summed E-state index contributed by atoms with van der Waals surface area (Å²) in [5, 5.41) is 0. The second kappa shape index (κ2) is 11.5. The van der Waals surface area contributed by atoms with Crippen molar-refractivity contribution < 1.29 is 14.3 Å². The summed E-state index contributed by atoms with van der Waals surface area (Å²) in [6.07, 6.45) is 10.1. The molecule has 0 N–H and O–H groups in total. The predicted octanol–water partition coefficient (Wildman–Crippen LogP) is 5.52. The van der Waals surface area contributed by atoms with Crippen molar-refractivity contribution in [3.63, 3.8) is 0 Å². The maximum atomic E-state index is 10.4. The molecule has 1 fully saturated rings. The van der Waals surface area contributed by atoms with Crippen LogP contribution in [0.5, 0.6) is 0 Å². The number of benzene rings is 1. The van der Waals surface area contributed by atoms with Crippen LogP contribution in [0.3, 0.4) is 0 Å². The molecule has 0 bridgehead atoms. The molecule has 0 aromatic heterocycles. The Morgan fingerprint density at radius 2 is 1.88 bits per heavy atom. The third kappa shape index (κ3) is 5.92. The van der Waals surface area contributed by atoms with Crippen LogP contribution in [-0.2, 0) is 19.9 Å². The van der Waals surface area contributed by atoms with Crippen LogP contribution in [0, 0.1) is 11.8 Å². The molecule has 0 aliphatic heterocycles. The highest BCUT2D eigenvalue weighted by atomic mass is 16.5. The predicted molar refractivity (Wildman–Crippen MR) is 106 cm³/mol. The summed E-state index contributed by atoms with van der Waals surface area (Å²) in [5.41, 5.74) is 1.16.